The van der Waals surface area contributed by atoms with Gasteiger partial charge in [-0.1, -0.05) is 94.9 Å². The molecule has 2 unspecified atom stereocenters. The van der Waals surface area contributed by atoms with E-state index < -0.39 is 24.9 Å². The van der Waals surface area contributed by atoms with Crippen LogP contribution in [0.4, 0.5) is 0 Å². The summed E-state index contributed by atoms with van der Waals surface area (Å²) in [7, 11) is -5.45. The molecule has 1 fully saturated rings. The van der Waals surface area contributed by atoms with Gasteiger partial charge in [0.05, 0.1) is 12.6 Å². The van der Waals surface area contributed by atoms with Gasteiger partial charge in [0.1, 0.15) is 20.4 Å². The van der Waals surface area contributed by atoms with Gasteiger partial charge in [0.2, 0.25) is 6.20 Å². The van der Waals surface area contributed by atoms with Crippen LogP contribution in [-0.2, 0) is 21.8 Å². The van der Waals surface area contributed by atoms with Gasteiger partial charge < -0.3 is 13.3 Å². The van der Waals surface area contributed by atoms with E-state index in [9.17, 15) is 0 Å². The van der Waals surface area contributed by atoms with Gasteiger partial charge in [0.15, 0.2) is 28.9 Å². The van der Waals surface area contributed by atoms with Gasteiger partial charge in [-0.25, -0.2) is 0 Å². The first kappa shape index (κ1) is 34.8. The molecule has 0 bridgehead atoms. The number of oxazole rings is 1. The standard InChI is InChI=1S/C33H63N2O3Si3/c1-24(2)41(25(3)4,26(5)6)35-29-23-34-22-28(37-31(34)30(29)35)20-19-27(38-40(15,16)33(10,11)12)18-17-21-36-39(13,14)32(7,8)9/h22,24-27,29-30H,19-21,23H2,1-16H3/q+1/t27?,29-,30-,35?/m0/s1. The van der Waals surface area contributed by atoms with Crippen molar-refractivity contribution in [2.75, 3.05) is 6.61 Å². The van der Waals surface area contributed by atoms with Gasteiger partial charge in [-0.15, -0.1) is 0 Å². The summed E-state index contributed by atoms with van der Waals surface area (Å²) in [6.45, 7) is 39.2. The van der Waals surface area contributed by atoms with E-state index in [1.165, 1.54) is 5.89 Å². The third-order valence-electron chi connectivity index (χ3n) is 11.1. The van der Waals surface area contributed by atoms with Crippen LogP contribution in [0.25, 0.3) is 0 Å². The third-order valence-corrected chi connectivity index (χ3v) is 27.1. The van der Waals surface area contributed by atoms with Crippen LogP contribution in [0.3, 0.4) is 0 Å². The number of rotatable bonds is 11. The second-order valence-corrected chi connectivity index (χ2v) is 32.1. The third kappa shape index (κ3) is 6.86. The Hall–Kier alpha value is -0.699. The molecule has 0 radical (unpaired) electrons. The van der Waals surface area contributed by atoms with Gasteiger partial charge in [0, 0.05) is 6.42 Å². The summed E-state index contributed by atoms with van der Waals surface area (Å²) < 4.78 is 25.1. The smallest absolute Gasteiger partial charge is 0.366 e. The number of fused-ring (bicyclic) bond motifs is 3. The Morgan fingerprint density at radius 1 is 0.927 bits per heavy atom. The summed E-state index contributed by atoms with van der Waals surface area (Å²) in [5.41, 5.74) is 2.18. The predicted octanol–water partition coefficient (Wildman–Crippen LogP) is 8.83. The molecule has 0 N–H and O–H groups in total. The summed E-state index contributed by atoms with van der Waals surface area (Å²) in [5, 5.41) is 0.317. The molecule has 2 aliphatic rings. The highest BCUT2D eigenvalue weighted by atomic mass is 28.4. The van der Waals surface area contributed by atoms with Crippen LogP contribution in [-0.4, -0.2) is 48.2 Å². The molecule has 1 aromatic rings. The minimum Gasteiger partial charge on any atom is -0.406 e. The van der Waals surface area contributed by atoms with Crippen molar-refractivity contribution in [1.82, 2.24) is 4.57 Å². The Balaban J connectivity index is 1.75. The highest BCUT2D eigenvalue weighted by molar-refractivity contribution is 6.81. The minimum absolute atomic E-state index is 0.114. The predicted molar refractivity (Wildman–Crippen MR) is 180 cm³/mol. The van der Waals surface area contributed by atoms with Crippen LogP contribution in [0.1, 0.15) is 107 Å². The zero-order valence-corrected chi connectivity index (χ0v) is 32.5. The van der Waals surface area contributed by atoms with E-state index in [2.05, 4.69) is 136 Å². The van der Waals surface area contributed by atoms with Crippen molar-refractivity contribution in [2.24, 2.45) is 0 Å². The van der Waals surface area contributed by atoms with Crippen molar-refractivity contribution < 1.29 is 17.8 Å². The Labute approximate surface area is 256 Å². The zero-order valence-electron chi connectivity index (χ0n) is 29.5. The number of aromatic nitrogens is 1. The molecule has 0 spiro atoms. The molecule has 1 saturated heterocycles. The fourth-order valence-electron chi connectivity index (χ4n) is 6.88. The summed E-state index contributed by atoms with van der Waals surface area (Å²) >= 11 is 0. The normalized spacial score (nSPS) is 22.2. The highest BCUT2D eigenvalue weighted by Gasteiger charge is 2.71. The van der Waals surface area contributed by atoms with E-state index >= 15 is 0 Å². The molecule has 1 aromatic heterocycles. The first-order chi connectivity index (χ1) is 18.6. The summed E-state index contributed by atoms with van der Waals surface area (Å²) in [5.74, 6) is 9.08. The largest absolute Gasteiger partial charge is 0.406 e. The summed E-state index contributed by atoms with van der Waals surface area (Å²) in [6.07, 6.45) is 3.83. The van der Waals surface area contributed by atoms with Crippen molar-refractivity contribution in [1.29, 1.82) is 0 Å². The number of hydrogen-bond donors (Lipinski definition) is 0. The lowest BCUT2D eigenvalue weighted by Gasteiger charge is -2.45. The minimum atomic E-state index is -1.97. The maximum absolute atomic E-state index is 6.84. The second-order valence-electron chi connectivity index (χ2n) is 16.7. The highest BCUT2D eigenvalue weighted by Crippen LogP contribution is 2.59. The van der Waals surface area contributed by atoms with Crippen LogP contribution in [0.15, 0.2) is 10.6 Å². The molecule has 3 heterocycles. The summed E-state index contributed by atoms with van der Waals surface area (Å²) in [4.78, 5) is 0. The Bertz CT molecular complexity index is 1090. The van der Waals surface area contributed by atoms with Crippen molar-refractivity contribution in [3.63, 3.8) is 0 Å². The molecule has 8 heteroatoms. The van der Waals surface area contributed by atoms with Crippen LogP contribution in [0.5, 0.6) is 0 Å². The average Bonchev–Trinajstić information content (AvgIpc) is 3.14. The molecule has 234 valence electrons. The molecule has 2 aliphatic heterocycles. The van der Waals surface area contributed by atoms with Crippen molar-refractivity contribution in [2.45, 2.75) is 174 Å². The van der Waals surface area contributed by atoms with E-state index in [-0.39, 0.29) is 16.2 Å². The molecular weight excluding hydrogens is 557 g/mol. The summed E-state index contributed by atoms with van der Waals surface area (Å²) in [6, 6.07) is 1.09. The quantitative estimate of drug-likeness (QED) is 0.107. The van der Waals surface area contributed by atoms with E-state index in [1.807, 2.05) is 0 Å². The molecular formula is C33H63N2O3Si3+. The van der Waals surface area contributed by atoms with Crippen molar-refractivity contribution >= 4 is 24.9 Å². The lowest BCUT2D eigenvalue weighted by molar-refractivity contribution is -0.699. The fourth-order valence-corrected chi connectivity index (χ4v) is 16.3. The number of hydrogen-bond acceptors (Lipinski definition) is 4. The van der Waals surface area contributed by atoms with E-state index in [4.69, 9.17) is 13.3 Å². The lowest BCUT2D eigenvalue weighted by Crippen LogP contribution is -2.55. The van der Waals surface area contributed by atoms with Crippen molar-refractivity contribution in [3.05, 3.63) is 17.8 Å². The fraction of sp³-hybridized carbons (Fsp3) is 0.848. The zero-order chi connectivity index (χ0) is 31.3. The Morgan fingerprint density at radius 3 is 1.95 bits per heavy atom. The van der Waals surface area contributed by atoms with E-state index in [0.29, 0.717) is 18.7 Å². The maximum Gasteiger partial charge on any atom is 0.366 e. The molecule has 41 heavy (non-hydrogen) atoms. The number of nitrogens with zero attached hydrogens (tertiary/aromatic N) is 2. The van der Waals surface area contributed by atoms with Crippen LogP contribution in [0.2, 0.25) is 52.9 Å². The van der Waals surface area contributed by atoms with Crippen LogP contribution < -0.4 is 4.57 Å². The molecule has 0 aliphatic carbocycles. The molecule has 4 atom stereocenters. The first-order valence-electron chi connectivity index (χ1n) is 16.2. The van der Waals surface area contributed by atoms with Gasteiger partial charge in [-0.3, -0.25) is 4.57 Å². The molecule has 3 rings (SSSR count). The van der Waals surface area contributed by atoms with Gasteiger partial charge in [-0.2, -0.15) is 4.57 Å². The molecule has 5 nitrogen and oxygen atoms in total. The maximum atomic E-state index is 6.84. The van der Waals surface area contributed by atoms with Crippen LogP contribution >= 0.6 is 0 Å². The van der Waals surface area contributed by atoms with Gasteiger partial charge in [0.25, 0.3) is 0 Å². The lowest BCUT2D eigenvalue weighted by atomic mass is 10.2. The molecule has 0 aromatic carbocycles. The van der Waals surface area contributed by atoms with E-state index in [0.717, 1.165) is 41.8 Å². The first-order valence-corrected chi connectivity index (χ1v) is 24.2. The van der Waals surface area contributed by atoms with Crippen molar-refractivity contribution in [3.8, 4) is 11.8 Å². The SMILES string of the molecule is CC(C)[Si](C(C)C)(C(C)C)N1[C@@H]2c3oc(CCC(C#CCO[Si](C)(C)C(C)(C)C)O[Si](C)(C)C(C)(C)C)c[n+]3C[C@@H]21. The topological polar surface area (TPSA) is 38.5 Å². The van der Waals surface area contributed by atoms with E-state index in [1.54, 1.807) is 0 Å². The monoisotopic (exact) mass is 619 g/mol. The second kappa shape index (κ2) is 12.0. The Morgan fingerprint density at radius 2 is 1.46 bits per heavy atom. The van der Waals surface area contributed by atoms with Crippen LogP contribution in [0, 0.1) is 11.8 Å². The van der Waals surface area contributed by atoms with Gasteiger partial charge in [-0.05, 0) is 59.3 Å². The van der Waals surface area contributed by atoms with Gasteiger partial charge >= 0.3 is 5.89 Å². The molecule has 0 amide bonds. The number of aryl methyl sites for hydroxylation is 1. The average molecular weight is 620 g/mol. The molecule has 0 saturated carbocycles. The Kier molecular flexibility index (Phi) is 10.2.